The predicted octanol–water partition coefficient (Wildman–Crippen LogP) is 0.274. The number of carboxylic acids is 1. The summed E-state index contributed by atoms with van der Waals surface area (Å²) in [5, 5.41) is 14.2. The molecule has 2 amide bonds. The second-order valence-electron chi connectivity index (χ2n) is 5.01. The first-order chi connectivity index (χ1) is 10.1. The van der Waals surface area contributed by atoms with Gasteiger partial charge in [-0.15, -0.1) is 0 Å². The van der Waals surface area contributed by atoms with E-state index in [-0.39, 0.29) is 12.5 Å². The van der Waals surface area contributed by atoms with Crippen LogP contribution in [0.3, 0.4) is 0 Å². The first kappa shape index (κ1) is 15.3. The lowest BCUT2D eigenvalue weighted by molar-refractivity contribution is -0.139. The number of nitrogens with zero attached hydrogens (tertiary/aromatic N) is 1. The van der Waals surface area contributed by atoms with Crippen molar-refractivity contribution in [1.82, 2.24) is 20.6 Å². The molecule has 2 atom stereocenters. The quantitative estimate of drug-likeness (QED) is 0.601. The minimum Gasteiger partial charge on any atom is -0.480 e. The number of carbonyl (C=O) groups excluding carboxylic acids is 1. The molecule has 0 aromatic carbocycles. The third-order valence-electron chi connectivity index (χ3n) is 3.35. The van der Waals surface area contributed by atoms with Crippen molar-refractivity contribution in [1.29, 1.82) is 0 Å². The average molecular weight is 296 g/mol. The van der Waals surface area contributed by atoms with Crippen LogP contribution in [0.5, 0.6) is 0 Å². The van der Waals surface area contributed by atoms with E-state index in [9.17, 15) is 9.59 Å². The lowest BCUT2D eigenvalue weighted by atomic mass is 10.1. The highest BCUT2D eigenvalue weighted by Gasteiger charge is 2.22. The van der Waals surface area contributed by atoms with Gasteiger partial charge in [0.05, 0.1) is 12.4 Å². The van der Waals surface area contributed by atoms with Gasteiger partial charge in [0.15, 0.2) is 0 Å². The molecule has 0 bridgehead atoms. The summed E-state index contributed by atoms with van der Waals surface area (Å²) >= 11 is 0. The smallest absolute Gasteiger partial charge is 0.326 e. The summed E-state index contributed by atoms with van der Waals surface area (Å²) in [6, 6.07) is -1.51. The van der Waals surface area contributed by atoms with Gasteiger partial charge in [-0.2, -0.15) is 0 Å². The fraction of sp³-hybridized carbons (Fsp3) is 0.615. The number of hydrogen-bond acceptors (Lipinski definition) is 4. The highest BCUT2D eigenvalue weighted by molar-refractivity contribution is 5.82. The number of carbonyl (C=O) groups is 2. The number of carboxylic acid groups (broad SMARTS) is 1. The van der Waals surface area contributed by atoms with Crippen LogP contribution in [-0.4, -0.2) is 52.4 Å². The van der Waals surface area contributed by atoms with Crippen molar-refractivity contribution in [3.63, 3.8) is 0 Å². The van der Waals surface area contributed by atoms with Crippen LogP contribution < -0.4 is 10.6 Å². The summed E-state index contributed by atoms with van der Waals surface area (Å²) in [4.78, 5) is 29.6. The van der Waals surface area contributed by atoms with Crippen molar-refractivity contribution < 1.29 is 19.4 Å². The Kier molecular flexibility index (Phi) is 5.56. The van der Waals surface area contributed by atoms with Crippen LogP contribution in [0, 0.1) is 0 Å². The molecule has 0 spiro atoms. The van der Waals surface area contributed by atoms with Crippen LogP contribution in [0.4, 0.5) is 4.79 Å². The Labute approximate surface area is 122 Å². The van der Waals surface area contributed by atoms with E-state index >= 15 is 0 Å². The normalized spacial score (nSPS) is 19.7. The van der Waals surface area contributed by atoms with E-state index in [0.29, 0.717) is 18.8 Å². The number of aromatic amines is 1. The van der Waals surface area contributed by atoms with Gasteiger partial charge in [-0.1, -0.05) is 0 Å². The van der Waals surface area contributed by atoms with Crippen LogP contribution in [0.15, 0.2) is 12.5 Å². The van der Waals surface area contributed by atoms with Gasteiger partial charge in [0, 0.05) is 31.5 Å². The summed E-state index contributed by atoms with van der Waals surface area (Å²) < 4.78 is 5.49. The third-order valence-corrected chi connectivity index (χ3v) is 3.35. The number of urea groups is 1. The van der Waals surface area contributed by atoms with Crippen LogP contribution in [0.25, 0.3) is 0 Å². The molecule has 0 aliphatic carbocycles. The molecule has 1 aromatic rings. The molecule has 1 saturated heterocycles. The fourth-order valence-corrected chi connectivity index (χ4v) is 2.20. The molecule has 1 fully saturated rings. The number of ether oxygens (including phenoxy) is 1. The van der Waals surface area contributed by atoms with Gasteiger partial charge in [0.1, 0.15) is 6.04 Å². The molecule has 1 unspecified atom stereocenters. The maximum atomic E-state index is 11.8. The molecule has 1 aliphatic heterocycles. The van der Waals surface area contributed by atoms with Crippen LogP contribution >= 0.6 is 0 Å². The van der Waals surface area contributed by atoms with Gasteiger partial charge < -0.3 is 25.5 Å². The topological polar surface area (TPSA) is 116 Å². The molecule has 2 rings (SSSR count). The summed E-state index contributed by atoms with van der Waals surface area (Å²) in [6.07, 6.45) is 6.22. The number of imidazole rings is 1. The Morgan fingerprint density at radius 3 is 3.00 bits per heavy atom. The SMILES string of the molecule is O=C(NCC1CCCCO1)N[C@@H](Cc1cnc[nH]1)C(=O)O. The molecule has 8 nitrogen and oxygen atoms in total. The van der Waals surface area contributed by atoms with Gasteiger partial charge >= 0.3 is 12.0 Å². The maximum absolute atomic E-state index is 11.8. The molecule has 21 heavy (non-hydrogen) atoms. The average Bonchev–Trinajstić information content (AvgIpc) is 2.98. The Hall–Kier alpha value is -2.09. The van der Waals surface area contributed by atoms with E-state index in [1.165, 1.54) is 12.5 Å². The summed E-state index contributed by atoms with van der Waals surface area (Å²) in [5.41, 5.74) is 0.651. The van der Waals surface area contributed by atoms with E-state index in [1.54, 1.807) is 0 Å². The first-order valence-electron chi connectivity index (χ1n) is 7.01. The Morgan fingerprint density at radius 1 is 1.52 bits per heavy atom. The van der Waals surface area contributed by atoms with Crippen LogP contribution in [0.2, 0.25) is 0 Å². The molecule has 1 aliphatic rings. The second kappa shape index (κ2) is 7.63. The van der Waals surface area contributed by atoms with Gasteiger partial charge in [0.25, 0.3) is 0 Å². The summed E-state index contributed by atoms with van der Waals surface area (Å²) in [6.45, 7) is 1.10. The Balaban J connectivity index is 1.76. The van der Waals surface area contributed by atoms with Crippen molar-refractivity contribution >= 4 is 12.0 Å². The fourth-order valence-electron chi connectivity index (χ4n) is 2.20. The molecule has 2 heterocycles. The number of nitrogens with one attached hydrogen (secondary N) is 3. The van der Waals surface area contributed by atoms with E-state index in [1.807, 2.05) is 0 Å². The van der Waals surface area contributed by atoms with Gasteiger partial charge in [-0.25, -0.2) is 14.6 Å². The van der Waals surface area contributed by atoms with Crippen molar-refractivity contribution in [3.8, 4) is 0 Å². The largest absolute Gasteiger partial charge is 0.480 e. The highest BCUT2D eigenvalue weighted by Crippen LogP contribution is 2.11. The van der Waals surface area contributed by atoms with Crippen molar-refractivity contribution in [2.24, 2.45) is 0 Å². The molecule has 116 valence electrons. The predicted molar refractivity (Wildman–Crippen MR) is 73.8 cm³/mol. The lowest BCUT2D eigenvalue weighted by Gasteiger charge is -2.23. The summed E-state index contributed by atoms with van der Waals surface area (Å²) in [5.74, 6) is -1.09. The number of rotatable bonds is 6. The molecule has 1 aromatic heterocycles. The Morgan fingerprint density at radius 2 is 2.38 bits per heavy atom. The van der Waals surface area contributed by atoms with E-state index < -0.39 is 18.0 Å². The number of H-pyrrole nitrogens is 1. The van der Waals surface area contributed by atoms with Gasteiger partial charge in [-0.05, 0) is 19.3 Å². The van der Waals surface area contributed by atoms with Gasteiger partial charge in [-0.3, -0.25) is 0 Å². The van der Waals surface area contributed by atoms with E-state index in [4.69, 9.17) is 9.84 Å². The van der Waals surface area contributed by atoms with E-state index in [2.05, 4.69) is 20.6 Å². The molecular formula is C13H20N4O4. The minimum absolute atomic E-state index is 0.0142. The van der Waals surface area contributed by atoms with Crippen LogP contribution in [-0.2, 0) is 16.0 Å². The third kappa shape index (κ3) is 5.07. The molecule has 0 saturated carbocycles. The zero-order chi connectivity index (χ0) is 15.1. The lowest BCUT2D eigenvalue weighted by Crippen LogP contribution is -2.49. The van der Waals surface area contributed by atoms with Crippen molar-refractivity contribution in [2.45, 2.75) is 37.8 Å². The first-order valence-corrected chi connectivity index (χ1v) is 7.01. The monoisotopic (exact) mass is 296 g/mol. The van der Waals surface area contributed by atoms with Crippen LogP contribution in [0.1, 0.15) is 25.0 Å². The van der Waals surface area contributed by atoms with Crippen molar-refractivity contribution in [3.05, 3.63) is 18.2 Å². The zero-order valence-corrected chi connectivity index (χ0v) is 11.7. The zero-order valence-electron chi connectivity index (χ0n) is 11.7. The van der Waals surface area contributed by atoms with E-state index in [0.717, 1.165) is 19.3 Å². The molecule has 8 heteroatoms. The number of hydrogen-bond donors (Lipinski definition) is 4. The number of amides is 2. The molecule has 4 N–H and O–H groups in total. The maximum Gasteiger partial charge on any atom is 0.326 e. The standard InChI is InChI=1S/C13H20N4O4/c18-12(19)11(5-9-6-14-8-16-9)17-13(20)15-7-10-3-1-2-4-21-10/h6,8,10-11H,1-5,7H2,(H,14,16)(H,18,19)(H2,15,17,20)/t10?,11-/m0/s1. The highest BCUT2D eigenvalue weighted by atomic mass is 16.5. The summed E-state index contributed by atoms with van der Waals surface area (Å²) in [7, 11) is 0. The number of aliphatic carboxylic acids is 1. The Bertz CT molecular complexity index is 457. The van der Waals surface area contributed by atoms with Crippen molar-refractivity contribution in [2.75, 3.05) is 13.2 Å². The van der Waals surface area contributed by atoms with Gasteiger partial charge in [0.2, 0.25) is 0 Å². The molecule has 0 radical (unpaired) electrons. The number of aromatic nitrogens is 2. The minimum atomic E-state index is -1.09. The second-order valence-corrected chi connectivity index (χ2v) is 5.01. The molecular weight excluding hydrogens is 276 g/mol.